The van der Waals surface area contributed by atoms with Crippen LogP contribution in [0.3, 0.4) is 0 Å². The van der Waals surface area contributed by atoms with Crippen LogP contribution in [0.15, 0.2) is 29.8 Å². The third-order valence-electron chi connectivity index (χ3n) is 2.06. The van der Waals surface area contributed by atoms with Crippen LogP contribution in [0.25, 0.3) is 6.08 Å². The minimum atomic E-state index is 0.387. The predicted octanol–water partition coefficient (Wildman–Crippen LogP) is 3.74. The number of benzene rings is 1. The SMILES string of the molecule is C/C(=C\c1ccc(C#N)cc1)C(C)Br. The van der Waals surface area contributed by atoms with Crippen molar-refractivity contribution < 1.29 is 0 Å². The highest BCUT2D eigenvalue weighted by Gasteiger charge is 1.98. The summed E-state index contributed by atoms with van der Waals surface area (Å²) in [5, 5.41) is 8.63. The summed E-state index contributed by atoms with van der Waals surface area (Å²) in [6, 6.07) is 9.67. The van der Waals surface area contributed by atoms with Crippen molar-refractivity contribution in [3.05, 3.63) is 41.0 Å². The van der Waals surface area contributed by atoms with E-state index in [1.165, 1.54) is 5.57 Å². The molecule has 0 saturated carbocycles. The molecule has 0 N–H and O–H groups in total. The van der Waals surface area contributed by atoms with Crippen LogP contribution in [0.4, 0.5) is 0 Å². The summed E-state index contributed by atoms with van der Waals surface area (Å²) >= 11 is 3.50. The van der Waals surface area contributed by atoms with Crippen molar-refractivity contribution in [2.45, 2.75) is 18.7 Å². The van der Waals surface area contributed by atoms with Crippen molar-refractivity contribution in [1.82, 2.24) is 0 Å². The van der Waals surface area contributed by atoms with E-state index in [1.54, 1.807) is 0 Å². The molecule has 1 rings (SSSR count). The molecule has 1 unspecified atom stereocenters. The minimum Gasteiger partial charge on any atom is -0.192 e. The lowest BCUT2D eigenvalue weighted by molar-refractivity contribution is 1.16. The molecule has 0 heterocycles. The maximum atomic E-state index is 8.63. The van der Waals surface area contributed by atoms with E-state index in [0.29, 0.717) is 10.4 Å². The Hall–Kier alpha value is -1.07. The second-order valence-electron chi connectivity index (χ2n) is 3.24. The molecule has 0 fully saturated rings. The third-order valence-corrected chi connectivity index (χ3v) is 2.78. The van der Waals surface area contributed by atoms with E-state index >= 15 is 0 Å². The van der Waals surface area contributed by atoms with Crippen LogP contribution < -0.4 is 0 Å². The molecule has 72 valence electrons. The summed E-state index contributed by atoms with van der Waals surface area (Å²) in [7, 11) is 0. The zero-order valence-corrected chi connectivity index (χ0v) is 9.88. The normalized spacial score (nSPS) is 13.4. The Morgan fingerprint density at radius 2 is 2.00 bits per heavy atom. The number of hydrogen-bond donors (Lipinski definition) is 0. The lowest BCUT2D eigenvalue weighted by Crippen LogP contribution is -1.90. The first-order valence-corrected chi connectivity index (χ1v) is 5.37. The van der Waals surface area contributed by atoms with Gasteiger partial charge in [0.05, 0.1) is 11.6 Å². The molecule has 0 aromatic heterocycles. The van der Waals surface area contributed by atoms with Gasteiger partial charge in [-0.05, 0) is 31.5 Å². The maximum Gasteiger partial charge on any atom is 0.0991 e. The van der Waals surface area contributed by atoms with Crippen molar-refractivity contribution >= 4 is 22.0 Å². The third kappa shape index (κ3) is 3.01. The van der Waals surface area contributed by atoms with E-state index in [1.807, 2.05) is 24.3 Å². The molecule has 0 amide bonds. The van der Waals surface area contributed by atoms with Gasteiger partial charge < -0.3 is 0 Å². The van der Waals surface area contributed by atoms with Gasteiger partial charge in [-0.25, -0.2) is 0 Å². The summed E-state index contributed by atoms with van der Waals surface area (Å²) in [5.41, 5.74) is 3.11. The van der Waals surface area contributed by atoms with E-state index in [9.17, 15) is 0 Å². The van der Waals surface area contributed by atoms with E-state index < -0.39 is 0 Å². The zero-order valence-electron chi connectivity index (χ0n) is 8.29. The number of allylic oxidation sites excluding steroid dienone is 1. The predicted molar refractivity (Wildman–Crippen MR) is 63.2 cm³/mol. The van der Waals surface area contributed by atoms with Crippen LogP contribution >= 0.6 is 15.9 Å². The average molecular weight is 250 g/mol. The molecular weight excluding hydrogens is 238 g/mol. The zero-order chi connectivity index (χ0) is 10.6. The van der Waals surface area contributed by atoms with Gasteiger partial charge in [0.15, 0.2) is 0 Å². The van der Waals surface area contributed by atoms with Crippen LogP contribution in [0.2, 0.25) is 0 Å². The highest BCUT2D eigenvalue weighted by Crippen LogP contribution is 2.15. The van der Waals surface area contributed by atoms with Gasteiger partial charge in [0.1, 0.15) is 0 Å². The number of hydrogen-bond acceptors (Lipinski definition) is 1. The Labute approximate surface area is 93.2 Å². The largest absolute Gasteiger partial charge is 0.192 e. The Morgan fingerprint density at radius 1 is 1.43 bits per heavy atom. The van der Waals surface area contributed by atoms with Crippen molar-refractivity contribution in [3.63, 3.8) is 0 Å². The van der Waals surface area contributed by atoms with Crippen LogP contribution in [0.1, 0.15) is 25.0 Å². The van der Waals surface area contributed by atoms with Gasteiger partial charge in [0, 0.05) is 4.83 Å². The van der Waals surface area contributed by atoms with E-state index in [4.69, 9.17) is 5.26 Å². The second-order valence-corrected chi connectivity index (χ2v) is 4.61. The van der Waals surface area contributed by atoms with Crippen LogP contribution in [-0.2, 0) is 0 Å². The minimum absolute atomic E-state index is 0.387. The van der Waals surface area contributed by atoms with Gasteiger partial charge in [-0.3, -0.25) is 0 Å². The highest BCUT2D eigenvalue weighted by atomic mass is 79.9. The van der Waals surface area contributed by atoms with Crippen molar-refractivity contribution in [3.8, 4) is 6.07 Å². The molecule has 0 aliphatic carbocycles. The number of nitrogens with zero attached hydrogens (tertiary/aromatic N) is 1. The monoisotopic (exact) mass is 249 g/mol. The lowest BCUT2D eigenvalue weighted by atomic mass is 10.1. The average Bonchev–Trinajstić information content (AvgIpc) is 2.19. The molecule has 1 aromatic rings. The smallest absolute Gasteiger partial charge is 0.0991 e. The fraction of sp³-hybridized carbons (Fsp3) is 0.250. The van der Waals surface area contributed by atoms with Gasteiger partial charge in [-0.15, -0.1) is 0 Å². The lowest BCUT2D eigenvalue weighted by Gasteiger charge is -2.02. The summed E-state index contributed by atoms with van der Waals surface area (Å²) in [6.07, 6.45) is 2.11. The van der Waals surface area contributed by atoms with Gasteiger partial charge in [0.2, 0.25) is 0 Å². The van der Waals surface area contributed by atoms with E-state index in [2.05, 4.69) is 41.9 Å². The summed E-state index contributed by atoms with van der Waals surface area (Å²) in [5.74, 6) is 0. The van der Waals surface area contributed by atoms with Crippen molar-refractivity contribution in [1.29, 1.82) is 5.26 Å². The van der Waals surface area contributed by atoms with Crippen LogP contribution in [0.5, 0.6) is 0 Å². The summed E-state index contributed by atoms with van der Waals surface area (Å²) < 4.78 is 0. The Morgan fingerprint density at radius 3 is 2.43 bits per heavy atom. The first-order valence-electron chi connectivity index (χ1n) is 4.46. The van der Waals surface area contributed by atoms with Gasteiger partial charge in [0.25, 0.3) is 0 Å². The van der Waals surface area contributed by atoms with Gasteiger partial charge >= 0.3 is 0 Å². The van der Waals surface area contributed by atoms with E-state index in [0.717, 1.165) is 5.56 Å². The fourth-order valence-electron chi connectivity index (χ4n) is 1.03. The second kappa shape index (κ2) is 4.97. The van der Waals surface area contributed by atoms with Crippen molar-refractivity contribution in [2.24, 2.45) is 0 Å². The first kappa shape index (κ1) is 11.0. The molecule has 1 nitrogen and oxygen atoms in total. The van der Waals surface area contributed by atoms with Crippen molar-refractivity contribution in [2.75, 3.05) is 0 Å². The van der Waals surface area contributed by atoms with Gasteiger partial charge in [-0.2, -0.15) is 5.26 Å². The maximum absolute atomic E-state index is 8.63. The molecule has 1 atom stereocenters. The molecule has 0 aliphatic rings. The summed E-state index contributed by atoms with van der Waals surface area (Å²) in [4.78, 5) is 0.387. The molecule has 0 saturated heterocycles. The Bertz CT molecular complexity index is 368. The number of halogens is 1. The molecule has 0 aliphatic heterocycles. The molecule has 0 bridgehead atoms. The topological polar surface area (TPSA) is 23.8 Å². The molecular formula is C12H12BrN. The Balaban J connectivity index is 2.89. The quantitative estimate of drug-likeness (QED) is 0.733. The number of alkyl halides is 1. The molecule has 0 radical (unpaired) electrons. The number of nitriles is 1. The van der Waals surface area contributed by atoms with E-state index in [-0.39, 0.29) is 0 Å². The fourth-order valence-corrected chi connectivity index (χ4v) is 1.16. The number of rotatable bonds is 2. The van der Waals surface area contributed by atoms with Crippen LogP contribution in [0, 0.1) is 11.3 Å². The van der Waals surface area contributed by atoms with Crippen LogP contribution in [-0.4, -0.2) is 4.83 Å². The molecule has 1 aromatic carbocycles. The molecule has 0 spiro atoms. The van der Waals surface area contributed by atoms with Gasteiger partial charge in [-0.1, -0.05) is 39.7 Å². The standard InChI is InChI=1S/C12H12BrN/c1-9(10(2)13)7-11-3-5-12(8-14)6-4-11/h3-7,10H,1-2H3/b9-7+. The summed E-state index contributed by atoms with van der Waals surface area (Å²) in [6.45, 7) is 4.17. The highest BCUT2D eigenvalue weighted by molar-refractivity contribution is 9.09. The first-order chi connectivity index (χ1) is 6.63. The Kier molecular flexibility index (Phi) is 3.91. The molecule has 14 heavy (non-hydrogen) atoms. The molecule has 2 heteroatoms.